The molecule has 20 heavy (non-hydrogen) atoms. The molecule has 6 heteroatoms. The molecule has 0 N–H and O–H groups in total. The van der Waals surface area contributed by atoms with Crippen LogP contribution in [0.1, 0.15) is 20.8 Å². The highest BCUT2D eigenvalue weighted by molar-refractivity contribution is 5.74. The molecular formula is C14H17N3O3. The first-order valence-corrected chi connectivity index (χ1v) is 6.19. The Bertz CT molecular complexity index is 600. The molecule has 0 aromatic carbocycles. The monoisotopic (exact) mass is 275 g/mol. The third-order valence-corrected chi connectivity index (χ3v) is 2.40. The molecule has 106 valence electrons. The molecule has 2 rings (SSSR count). The Kier molecular flexibility index (Phi) is 3.74. The van der Waals surface area contributed by atoms with Crippen molar-refractivity contribution in [2.24, 2.45) is 0 Å². The summed E-state index contributed by atoms with van der Waals surface area (Å²) < 4.78 is 11.6. The van der Waals surface area contributed by atoms with Crippen molar-refractivity contribution in [3.8, 4) is 17.1 Å². The average molecular weight is 275 g/mol. The van der Waals surface area contributed by atoms with Crippen molar-refractivity contribution in [2.45, 2.75) is 26.4 Å². The van der Waals surface area contributed by atoms with Crippen LogP contribution in [0, 0.1) is 0 Å². The lowest BCUT2D eigenvalue weighted by atomic mass is 10.2. The van der Waals surface area contributed by atoms with Crippen LogP contribution < -0.4 is 4.74 Å². The number of ether oxygens (including phenoxy) is 2. The van der Waals surface area contributed by atoms with E-state index in [-0.39, 0.29) is 0 Å². The molecule has 2 heterocycles. The molecule has 0 radical (unpaired) electrons. The van der Waals surface area contributed by atoms with Crippen LogP contribution in [0.25, 0.3) is 11.3 Å². The minimum Gasteiger partial charge on any atom is -0.479 e. The van der Waals surface area contributed by atoms with Gasteiger partial charge >= 0.3 is 6.09 Å². The van der Waals surface area contributed by atoms with Crippen LogP contribution >= 0.6 is 0 Å². The number of nitrogens with zero attached hydrogens (tertiary/aromatic N) is 3. The lowest BCUT2D eigenvalue weighted by Crippen LogP contribution is -2.27. The lowest BCUT2D eigenvalue weighted by Gasteiger charge is -2.18. The molecule has 0 bridgehead atoms. The van der Waals surface area contributed by atoms with Crippen molar-refractivity contribution < 1.29 is 14.3 Å². The van der Waals surface area contributed by atoms with Crippen molar-refractivity contribution in [3.63, 3.8) is 0 Å². The number of aromatic nitrogens is 3. The van der Waals surface area contributed by atoms with Gasteiger partial charge in [0, 0.05) is 6.20 Å². The highest BCUT2D eigenvalue weighted by Crippen LogP contribution is 2.26. The lowest BCUT2D eigenvalue weighted by molar-refractivity contribution is 0.0512. The van der Waals surface area contributed by atoms with Gasteiger partial charge in [-0.2, -0.15) is 4.68 Å². The molecule has 0 unspecified atom stereocenters. The Labute approximate surface area is 117 Å². The van der Waals surface area contributed by atoms with E-state index in [1.54, 1.807) is 33.2 Å². The van der Waals surface area contributed by atoms with Gasteiger partial charge in [-0.3, -0.25) is 4.98 Å². The Morgan fingerprint density at radius 3 is 2.60 bits per heavy atom. The predicted octanol–water partition coefficient (Wildman–Crippen LogP) is 2.74. The van der Waals surface area contributed by atoms with Gasteiger partial charge in [-0.05, 0) is 32.9 Å². The van der Waals surface area contributed by atoms with Crippen LogP contribution in [-0.4, -0.2) is 33.6 Å². The van der Waals surface area contributed by atoms with E-state index in [1.165, 1.54) is 7.11 Å². The van der Waals surface area contributed by atoms with Gasteiger partial charge in [0.15, 0.2) is 0 Å². The summed E-state index contributed by atoms with van der Waals surface area (Å²) in [6.45, 7) is 5.39. The van der Waals surface area contributed by atoms with E-state index >= 15 is 0 Å². The van der Waals surface area contributed by atoms with Crippen LogP contribution in [0.2, 0.25) is 0 Å². The van der Waals surface area contributed by atoms with E-state index in [4.69, 9.17) is 9.47 Å². The number of pyridine rings is 1. The third-order valence-electron chi connectivity index (χ3n) is 2.40. The zero-order chi connectivity index (χ0) is 14.8. The number of rotatable bonds is 2. The van der Waals surface area contributed by atoms with Gasteiger partial charge in [0.25, 0.3) is 0 Å². The van der Waals surface area contributed by atoms with Crippen molar-refractivity contribution in [1.82, 2.24) is 14.8 Å². The Morgan fingerprint density at radius 2 is 2.05 bits per heavy atom. The van der Waals surface area contributed by atoms with E-state index < -0.39 is 11.7 Å². The molecule has 0 aliphatic rings. The second kappa shape index (κ2) is 5.32. The summed E-state index contributed by atoms with van der Waals surface area (Å²) in [5.41, 5.74) is 0.736. The molecule has 0 aliphatic carbocycles. The summed E-state index contributed by atoms with van der Waals surface area (Å²) in [4.78, 5) is 16.2. The van der Waals surface area contributed by atoms with E-state index in [2.05, 4.69) is 10.1 Å². The summed E-state index contributed by atoms with van der Waals surface area (Å²) in [5.74, 6) is 0.328. The van der Waals surface area contributed by atoms with Gasteiger partial charge in [-0.15, -0.1) is 5.10 Å². The summed E-state index contributed by atoms with van der Waals surface area (Å²) in [6, 6.07) is 5.49. The standard InChI is InChI=1S/C14H17N3O3/c1-14(2,3)20-13(18)17-9-10(12(16-17)19-4)11-7-5-6-8-15-11/h5-9H,1-4H3. The molecular weight excluding hydrogens is 258 g/mol. The maximum absolute atomic E-state index is 12.0. The zero-order valence-electron chi connectivity index (χ0n) is 12.0. The van der Waals surface area contributed by atoms with Gasteiger partial charge in [-0.25, -0.2) is 4.79 Å². The van der Waals surface area contributed by atoms with E-state index in [1.807, 2.05) is 18.2 Å². The summed E-state index contributed by atoms with van der Waals surface area (Å²) >= 11 is 0. The molecule has 6 nitrogen and oxygen atoms in total. The molecule has 0 aliphatic heterocycles. The van der Waals surface area contributed by atoms with Crippen molar-refractivity contribution >= 4 is 6.09 Å². The molecule has 0 spiro atoms. The molecule has 2 aromatic heterocycles. The second-order valence-corrected chi connectivity index (χ2v) is 5.19. The first-order chi connectivity index (χ1) is 9.40. The first kappa shape index (κ1) is 14.0. The normalized spacial score (nSPS) is 11.2. The Balaban J connectivity index is 2.35. The van der Waals surface area contributed by atoms with E-state index in [9.17, 15) is 4.79 Å². The summed E-state index contributed by atoms with van der Waals surface area (Å²) in [5, 5.41) is 4.07. The Hall–Kier alpha value is -2.37. The molecule has 2 aromatic rings. The fourth-order valence-corrected chi connectivity index (χ4v) is 1.61. The third kappa shape index (κ3) is 3.14. The summed E-state index contributed by atoms with van der Waals surface area (Å²) in [7, 11) is 1.49. The largest absolute Gasteiger partial charge is 0.479 e. The number of methoxy groups -OCH3 is 1. The second-order valence-electron chi connectivity index (χ2n) is 5.19. The smallest absolute Gasteiger partial charge is 0.435 e. The molecule has 0 fully saturated rings. The predicted molar refractivity (Wildman–Crippen MR) is 73.6 cm³/mol. The van der Waals surface area contributed by atoms with Crippen molar-refractivity contribution in [3.05, 3.63) is 30.6 Å². The van der Waals surface area contributed by atoms with Crippen LogP contribution in [-0.2, 0) is 4.74 Å². The van der Waals surface area contributed by atoms with Gasteiger partial charge in [0.05, 0.1) is 24.6 Å². The number of carbonyl (C=O) groups is 1. The summed E-state index contributed by atoms with van der Waals surface area (Å²) in [6.07, 6.45) is 2.66. The van der Waals surface area contributed by atoms with Crippen molar-refractivity contribution in [1.29, 1.82) is 0 Å². The van der Waals surface area contributed by atoms with E-state index in [0.717, 1.165) is 4.68 Å². The average Bonchev–Trinajstić information content (AvgIpc) is 2.82. The van der Waals surface area contributed by atoms with E-state index in [0.29, 0.717) is 17.1 Å². The molecule has 0 amide bonds. The van der Waals surface area contributed by atoms with Gasteiger partial charge in [-0.1, -0.05) is 6.07 Å². The SMILES string of the molecule is COc1nn(C(=O)OC(C)(C)C)cc1-c1ccccn1. The quantitative estimate of drug-likeness (QED) is 0.843. The topological polar surface area (TPSA) is 66.2 Å². The molecule has 0 saturated carbocycles. The maximum Gasteiger partial charge on any atom is 0.435 e. The molecule has 0 saturated heterocycles. The van der Waals surface area contributed by atoms with Gasteiger partial charge < -0.3 is 9.47 Å². The minimum absolute atomic E-state index is 0.328. The maximum atomic E-state index is 12.0. The minimum atomic E-state index is -0.582. The molecule has 0 atom stereocenters. The van der Waals surface area contributed by atoms with Crippen LogP contribution in [0.4, 0.5) is 4.79 Å². The highest BCUT2D eigenvalue weighted by Gasteiger charge is 2.21. The number of hydrogen-bond acceptors (Lipinski definition) is 5. The number of hydrogen-bond donors (Lipinski definition) is 0. The fourth-order valence-electron chi connectivity index (χ4n) is 1.61. The van der Waals surface area contributed by atoms with Crippen LogP contribution in [0.5, 0.6) is 5.88 Å². The highest BCUT2D eigenvalue weighted by atomic mass is 16.6. The fraction of sp³-hybridized carbons (Fsp3) is 0.357. The Morgan fingerprint density at radius 1 is 1.30 bits per heavy atom. The van der Waals surface area contributed by atoms with Crippen LogP contribution in [0.3, 0.4) is 0 Å². The zero-order valence-corrected chi connectivity index (χ0v) is 12.0. The van der Waals surface area contributed by atoms with Crippen molar-refractivity contribution in [2.75, 3.05) is 7.11 Å². The van der Waals surface area contributed by atoms with Gasteiger partial charge in [0.1, 0.15) is 5.60 Å². The van der Waals surface area contributed by atoms with Crippen LogP contribution in [0.15, 0.2) is 30.6 Å². The number of carbonyl (C=O) groups excluding carboxylic acids is 1. The van der Waals surface area contributed by atoms with Gasteiger partial charge in [0.2, 0.25) is 5.88 Å². The first-order valence-electron chi connectivity index (χ1n) is 6.19.